The van der Waals surface area contributed by atoms with Crippen LogP contribution < -0.4 is 9.62 Å². The van der Waals surface area contributed by atoms with Crippen molar-refractivity contribution < 1.29 is 44.4 Å². The SMILES string of the molecule is CNC(=O)c1c(-c2ccc(F)cc2)oc2cc(N(CCF)S(C)(=O)=O)c(-c3cccc(C(=O)N4CCCC4C(F)(F)F)c3)cc12. The van der Waals surface area contributed by atoms with E-state index in [0.29, 0.717) is 5.56 Å². The summed E-state index contributed by atoms with van der Waals surface area (Å²) in [4.78, 5) is 27.2. The molecule has 0 bridgehead atoms. The van der Waals surface area contributed by atoms with E-state index >= 15 is 0 Å². The summed E-state index contributed by atoms with van der Waals surface area (Å²) in [6.07, 6.45) is -3.77. The van der Waals surface area contributed by atoms with Crippen molar-refractivity contribution in [3.63, 3.8) is 0 Å². The molecule has 2 heterocycles. The van der Waals surface area contributed by atoms with Gasteiger partial charge >= 0.3 is 6.18 Å². The quantitative estimate of drug-likeness (QED) is 0.230. The highest BCUT2D eigenvalue weighted by atomic mass is 32.2. The highest BCUT2D eigenvalue weighted by molar-refractivity contribution is 7.92. The molecular weight excluding hydrogens is 621 g/mol. The molecular formula is C31H28F5N3O5S. The molecule has 1 N–H and O–H groups in total. The molecule has 3 aromatic carbocycles. The Morgan fingerprint density at radius 2 is 1.78 bits per heavy atom. The summed E-state index contributed by atoms with van der Waals surface area (Å²) in [6.45, 7) is -1.72. The molecule has 1 aliphatic rings. The van der Waals surface area contributed by atoms with Gasteiger partial charge in [0.15, 0.2) is 0 Å². The number of hydrogen-bond acceptors (Lipinski definition) is 5. The molecule has 238 valence electrons. The van der Waals surface area contributed by atoms with E-state index in [1.54, 1.807) is 0 Å². The van der Waals surface area contributed by atoms with Crippen molar-refractivity contribution >= 4 is 38.5 Å². The summed E-state index contributed by atoms with van der Waals surface area (Å²) in [5.41, 5.74) is 0.677. The molecule has 0 saturated carbocycles. The van der Waals surface area contributed by atoms with Crippen LogP contribution in [0.15, 0.2) is 65.1 Å². The topological polar surface area (TPSA) is 99.9 Å². The van der Waals surface area contributed by atoms with Crippen LogP contribution in [0.25, 0.3) is 33.4 Å². The third-order valence-corrected chi connectivity index (χ3v) is 8.82. The molecule has 1 atom stereocenters. The molecule has 0 spiro atoms. The number of anilines is 1. The van der Waals surface area contributed by atoms with Gasteiger partial charge in [-0.2, -0.15) is 13.2 Å². The minimum atomic E-state index is -4.61. The number of carbonyl (C=O) groups is 2. The van der Waals surface area contributed by atoms with Crippen LogP contribution in [0.2, 0.25) is 0 Å². The molecule has 45 heavy (non-hydrogen) atoms. The Morgan fingerprint density at radius 3 is 2.40 bits per heavy atom. The van der Waals surface area contributed by atoms with Crippen molar-refractivity contribution in [2.75, 3.05) is 37.4 Å². The summed E-state index contributed by atoms with van der Waals surface area (Å²) in [5, 5.41) is 2.74. The van der Waals surface area contributed by atoms with E-state index in [1.807, 2.05) is 0 Å². The molecule has 1 aromatic heterocycles. The number of hydrogen-bond donors (Lipinski definition) is 1. The van der Waals surface area contributed by atoms with Crippen LogP contribution in [0.5, 0.6) is 0 Å². The van der Waals surface area contributed by atoms with Crippen molar-refractivity contribution in [3.05, 3.63) is 77.6 Å². The van der Waals surface area contributed by atoms with Crippen LogP contribution in [-0.4, -0.2) is 70.4 Å². The minimum Gasteiger partial charge on any atom is -0.455 e. The van der Waals surface area contributed by atoms with Gasteiger partial charge in [-0.1, -0.05) is 12.1 Å². The molecule has 1 fully saturated rings. The number of furan rings is 1. The van der Waals surface area contributed by atoms with Gasteiger partial charge in [-0.15, -0.1) is 0 Å². The van der Waals surface area contributed by atoms with Gasteiger partial charge in [0.05, 0.1) is 24.1 Å². The van der Waals surface area contributed by atoms with E-state index in [1.165, 1.54) is 67.7 Å². The summed E-state index contributed by atoms with van der Waals surface area (Å²) in [7, 11) is -2.71. The van der Waals surface area contributed by atoms with E-state index in [2.05, 4.69) is 5.32 Å². The number of rotatable bonds is 8. The molecule has 1 saturated heterocycles. The highest BCUT2D eigenvalue weighted by Crippen LogP contribution is 2.42. The number of benzene rings is 3. The first kappa shape index (κ1) is 31.9. The molecule has 5 rings (SSSR count). The number of amides is 2. The average Bonchev–Trinajstić information content (AvgIpc) is 3.64. The Hall–Kier alpha value is -4.46. The Balaban J connectivity index is 1.75. The van der Waals surface area contributed by atoms with Crippen molar-refractivity contribution in [1.82, 2.24) is 10.2 Å². The number of sulfonamides is 1. The molecule has 0 radical (unpaired) electrons. The largest absolute Gasteiger partial charge is 0.455 e. The second-order valence-electron chi connectivity index (χ2n) is 10.6. The number of carbonyl (C=O) groups excluding carboxylic acids is 2. The monoisotopic (exact) mass is 649 g/mol. The standard InChI is InChI=1S/C31H28F5N3O5S/c1-37-29(40)27-23-16-22(19-5-3-6-20(15-19)30(41)38-13-4-7-26(38)31(34,35)36)24(39(14-12-32)45(2,42)43)17-25(23)44-28(27)18-8-10-21(33)11-9-18/h3,5-6,8-11,15-17,26H,4,7,12-14H2,1-2H3,(H,37,40). The predicted octanol–water partition coefficient (Wildman–Crippen LogP) is 6.17. The van der Waals surface area contributed by atoms with Crippen LogP contribution >= 0.6 is 0 Å². The van der Waals surface area contributed by atoms with Gasteiger partial charge < -0.3 is 14.6 Å². The lowest BCUT2D eigenvalue weighted by Gasteiger charge is -2.27. The fourth-order valence-corrected chi connectivity index (χ4v) is 6.51. The Bertz CT molecular complexity index is 1870. The van der Waals surface area contributed by atoms with Crippen LogP contribution in [0.3, 0.4) is 0 Å². The molecule has 1 aliphatic heterocycles. The zero-order valence-electron chi connectivity index (χ0n) is 24.1. The zero-order valence-corrected chi connectivity index (χ0v) is 24.9. The number of fused-ring (bicyclic) bond motifs is 1. The first-order valence-corrected chi connectivity index (χ1v) is 15.7. The van der Waals surface area contributed by atoms with Crippen LogP contribution in [0.1, 0.15) is 33.6 Å². The van der Waals surface area contributed by atoms with E-state index in [0.717, 1.165) is 15.5 Å². The van der Waals surface area contributed by atoms with Crippen LogP contribution in [0.4, 0.5) is 27.6 Å². The lowest BCUT2D eigenvalue weighted by molar-refractivity contribution is -0.169. The first-order chi connectivity index (χ1) is 21.2. The molecule has 2 amide bonds. The number of nitrogens with one attached hydrogen (secondary N) is 1. The highest BCUT2D eigenvalue weighted by Gasteiger charge is 2.47. The lowest BCUT2D eigenvalue weighted by Crippen LogP contribution is -2.44. The number of alkyl halides is 4. The normalized spacial score (nSPS) is 15.4. The number of likely N-dealkylation sites (tertiary alicyclic amines) is 1. The fraction of sp³-hybridized carbons (Fsp3) is 0.290. The maximum absolute atomic E-state index is 13.7. The maximum atomic E-state index is 13.7. The third kappa shape index (κ3) is 6.23. The fourth-order valence-electron chi connectivity index (χ4n) is 5.60. The van der Waals surface area contributed by atoms with Gasteiger partial charge in [0.2, 0.25) is 10.0 Å². The molecule has 4 aromatic rings. The summed E-state index contributed by atoms with van der Waals surface area (Å²) in [5.74, 6) is -1.90. The second kappa shape index (κ2) is 12.1. The lowest BCUT2D eigenvalue weighted by atomic mass is 9.97. The van der Waals surface area contributed by atoms with Crippen LogP contribution in [-0.2, 0) is 10.0 Å². The first-order valence-electron chi connectivity index (χ1n) is 13.8. The number of nitrogens with zero attached hydrogens (tertiary/aromatic N) is 2. The summed E-state index contributed by atoms with van der Waals surface area (Å²) in [6, 6.07) is 11.6. The van der Waals surface area contributed by atoms with Gasteiger partial charge in [0.25, 0.3) is 11.8 Å². The Labute approximate surface area is 255 Å². The van der Waals surface area contributed by atoms with E-state index in [9.17, 15) is 40.0 Å². The van der Waals surface area contributed by atoms with Crippen LogP contribution in [0, 0.1) is 5.82 Å². The van der Waals surface area contributed by atoms with E-state index < -0.39 is 53.1 Å². The maximum Gasteiger partial charge on any atom is 0.408 e. The average molecular weight is 650 g/mol. The predicted molar refractivity (Wildman–Crippen MR) is 159 cm³/mol. The van der Waals surface area contributed by atoms with Gasteiger partial charge in [-0.25, -0.2) is 17.2 Å². The number of halogens is 5. The van der Waals surface area contributed by atoms with Gasteiger partial charge in [0, 0.05) is 41.7 Å². The Kier molecular flexibility index (Phi) is 8.62. The summed E-state index contributed by atoms with van der Waals surface area (Å²) >= 11 is 0. The van der Waals surface area contributed by atoms with E-state index in [-0.39, 0.29) is 64.1 Å². The molecule has 1 unspecified atom stereocenters. The van der Waals surface area contributed by atoms with Crippen molar-refractivity contribution in [1.29, 1.82) is 0 Å². The van der Waals surface area contributed by atoms with Gasteiger partial charge in [-0.3, -0.25) is 13.9 Å². The van der Waals surface area contributed by atoms with E-state index in [4.69, 9.17) is 4.42 Å². The van der Waals surface area contributed by atoms with Gasteiger partial charge in [-0.05, 0) is 60.9 Å². The van der Waals surface area contributed by atoms with Crippen molar-refractivity contribution in [2.45, 2.75) is 25.1 Å². The molecule has 0 aliphatic carbocycles. The van der Waals surface area contributed by atoms with Gasteiger partial charge in [0.1, 0.15) is 29.9 Å². The molecule has 14 heteroatoms. The smallest absolute Gasteiger partial charge is 0.408 e. The second-order valence-corrected chi connectivity index (χ2v) is 12.5. The molecule has 8 nitrogen and oxygen atoms in total. The zero-order chi connectivity index (χ0) is 32.7. The minimum absolute atomic E-state index is 0.0422. The Morgan fingerprint density at radius 1 is 1.07 bits per heavy atom. The third-order valence-electron chi connectivity index (χ3n) is 7.64. The van der Waals surface area contributed by atoms with Crippen molar-refractivity contribution in [2.24, 2.45) is 0 Å². The van der Waals surface area contributed by atoms with Crippen molar-refractivity contribution in [3.8, 4) is 22.5 Å². The summed E-state index contributed by atoms with van der Waals surface area (Å²) < 4.78 is 101.